The topological polar surface area (TPSA) is 176 Å². The summed E-state index contributed by atoms with van der Waals surface area (Å²) in [5.41, 5.74) is -1.63. The molecule has 2 amide bonds. The van der Waals surface area contributed by atoms with Crippen LogP contribution in [0.25, 0.3) is 0 Å². The van der Waals surface area contributed by atoms with E-state index in [1.165, 1.54) is 179 Å². The van der Waals surface area contributed by atoms with Gasteiger partial charge in [0.15, 0.2) is 0 Å². The number of nitrogens with zero attached hydrogens (tertiary/aromatic N) is 2. The second kappa shape index (κ2) is 57.4. The van der Waals surface area contributed by atoms with E-state index in [1.807, 2.05) is 0 Å². The van der Waals surface area contributed by atoms with E-state index in [-0.39, 0.29) is 45.7 Å². The Balaban J connectivity index is 4.57. The molecule has 0 aromatic carbocycles. The molecule has 2 atom stereocenters. The zero-order valence-corrected chi connectivity index (χ0v) is 55.3. The van der Waals surface area contributed by atoms with Gasteiger partial charge in [-0.1, -0.05) is 154 Å². The molecule has 0 aliphatic carbocycles. The number of carbonyl (C=O) groups is 4. The number of esters is 2. The smallest absolute Gasteiger partial charge is 0.411 e. The van der Waals surface area contributed by atoms with Gasteiger partial charge in [-0.05, 0) is 113 Å². The lowest BCUT2D eigenvalue weighted by atomic mass is 10.1. The Morgan fingerprint density at radius 3 is 1.24 bits per heavy atom. The van der Waals surface area contributed by atoms with Crippen molar-refractivity contribution in [1.29, 1.82) is 0 Å². The minimum absolute atomic E-state index is 0.0522. The summed E-state index contributed by atoms with van der Waals surface area (Å²) in [7, 11) is 1.48. The molecule has 0 fully saturated rings. The third-order valence-corrected chi connectivity index (χ3v) is 13.5. The quantitative estimate of drug-likeness (QED) is 0.0243. The Morgan fingerprint density at radius 2 is 0.786 bits per heavy atom. The van der Waals surface area contributed by atoms with Crippen LogP contribution in [0.15, 0.2) is 24.3 Å². The molecular formula is C67H126N2O15. The van der Waals surface area contributed by atoms with Crippen LogP contribution >= 0.6 is 0 Å². The number of methoxy groups -OCH3 is 1. The van der Waals surface area contributed by atoms with Gasteiger partial charge < -0.3 is 52.1 Å². The van der Waals surface area contributed by atoms with E-state index in [0.29, 0.717) is 52.9 Å². The van der Waals surface area contributed by atoms with Gasteiger partial charge in [0, 0.05) is 26.9 Å². The number of amides is 2. The van der Waals surface area contributed by atoms with Crippen molar-refractivity contribution in [1.82, 2.24) is 9.80 Å². The highest BCUT2D eigenvalue weighted by Crippen LogP contribution is 2.16. The summed E-state index contributed by atoms with van der Waals surface area (Å²) in [4.78, 5) is 53.8. The van der Waals surface area contributed by atoms with Gasteiger partial charge in [0.05, 0.1) is 72.1 Å². The van der Waals surface area contributed by atoms with E-state index >= 15 is 0 Å². The fourth-order valence-electron chi connectivity index (χ4n) is 8.67. The van der Waals surface area contributed by atoms with E-state index in [0.717, 1.165) is 24.3 Å². The number of hydrogen-bond donors (Lipinski definition) is 0. The molecule has 0 aromatic heterocycles. The van der Waals surface area contributed by atoms with Crippen molar-refractivity contribution < 1.29 is 71.3 Å². The first-order chi connectivity index (χ1) is 40.5. The largest absolute Gasteiger partial charge is 0.462 e. The number of rotatable bonds is 59. The van der Waals surface area contributed by atoms with Crippen LogP contribution in [0, 0.1) is 0 Å². The lowest BCUT2D eigenvalue weighted by Crippen LogP contribution is -2.47. The highest BCUT2D eigenvalue weighted by molar-refractivity contribution is 5.79. The Kier molecular flexibility index (Phi) is 55.2. The number of unbranched alkanes of at least 4 members (excludes halogenated alkanes) is 24. The van der Waals surface area contributed by atoms with Gasteiger partial charge in [-0.3, -0.25) is 19.4 Å². The maximum absolute atomic E-state index is 13.2. The first kappa shape index (κ1) is 80.7. The molecule has 0 aliphatic heterocycles. The van der Waals surface area contributed by atoms with Gasteiger partial charge in [-0.15, -0.1) is 0 Å². The summed E-state index contributed by atoms with van der Waals surface area (Å²) in [6.07, 6.45) is 43.9. The molecule has 0 bridgehead atoms. The van der Waals surface area contributed by atoms with Crippen molar-refractivity contribution in [3.8, 4) is 0 Å². The zero-order chi connectivity index (χ0) is 62.0. The molecule has 17 heteroatoms. The van der Waals surface area contributed by atoms with Gasteiger partial charge in [0.2, 0.25) is 0 Å². The number of hydrogen-bond acceptors (Lipinski definition) is 15. The molecule has 2 unspecified atom stereocenters. The Morgan fingerprint density at radius 1 is 0.405 bits per heavy atom. The van der Waals surface area contributed by atoms with Crippen LogP contribution in [0.1, 0.15) is 242 Å². The first-order valence-electron chi connectivity index (χ1n) is 33.1. The molecule has 494 valence electrons. The van der Waals surface area contributed by atoms with Crippen LogP contribution in [0.3, 0.4) is 0 Å². The highest BCUT2D eigenvalue weighted by atomic mass is 16.6. The Bertz CT molecular complexity index is 1580. The molecule has 0 heterocycles. The van der Waals surface area contributed by atoms with Crippen molar-refractivity contribution in [3.05, 3.63) is 24.3 Å². The molecule has 0 rings (SSSR count). The normalized spacial score (nSPS) is 12.7. The van der Waals surface area contributed by atoms with Crippen LogP contribution in [0.2, 0.25) is 0 Å². The number of carbonyl (C=O) groups excluding carboxylic acids is 4. The van der Waals surface area contributed by atoms with Gasteiger partial charge in [-0.2, -0.15) is 0 Å². The van der Waals surface area contributed by atoms with Crippen LogP contribution < -0.4 is 0 Å². The minimum atomic E-state index is -0.857. The van der Waals surface area contributed by atoms with Crippen molar-refractivity contribution >= 4 is 24.1 Å². The first-order valence-corrected chi connectivity index (χ1v) is 33.1. The summed E-state index contributed by atoms with van der Waals surface area (Å²) in [5.74, 6) is -1.43. The lowest BCUT2D eigenvalue weighted by molar-refractivity contribution is -0.149. The van der Waals surface area contributed by atoms with Crippen LogP contribution in [-0.4, -0.2) is 177 Å². The zero-order valence-electron chi connectivity index (χ0n) is 55.3. The van der Waals surface area contributed by atoms with Crippen molar-refractivity contribution in [3.63, 3.8) is 0 Å². The molecule has 0 saturated heterocycles. The standard InChI is InChI=1S/C67H126N2O15/c1-11-13-15-17-19-21-23-25-27-29-31-33-35-37-39-41-44-78-58-61(80-45-42-40-38-36-34-32-30-28-26-24-22-20-18-16-14-12-2)59-79-52-51-76-48-47-75-49-50-77-53-54-81-63(71)56-69(65(73)84-67(7,8)9)60(3)57-82-62(70)55-68(43-46-74-10)64(72)83-66(4,5)6/h25-28,60-61H,11-24,29-59H2,1-10H3/b27-25-,28-26-. The van der Waals surface area contributed by atoms with Crippen molar-refractivity contribution in [2.75, 3.05) is 119 Å². The molecule has 0 spiro atoms. The maximum atomic E-state index is 13.2. The third-order valence-electron chi connectivity index (χ3n) is 13.5. The van der Waals surface area contributed by atoms with Crippen molar-refractivity contribution in [2.45, 2.75) is 265 Å². The average molecular weight is 1200 g/mol. The van der Waals surface area contributed by atoms with Gasteiger partial charge >= 0.3 is 24.1 Å². The second-order valence-electron chi connectivity index (χ2n) is 24.1. The molecule has 0 aliphatic rings. The van der Waals surface area contributed by atoms with Crippen molar-refractivity contribution in [2.24, 2.45) is 0 Å². The Hall–Kier alpha value is -3.32. The molecule has 0 N–H and O–H groups in total. The fourth-order valence-corrected chi connectivity index (χ4v) is 8.67. The molecule has 0 radical (unpaired) electrons. The summed E-state index contributed by atoms with van der Waals surface area (Å²) < 4.78 is 62.1. The number of allylic oxidation sites excluding steroid dienone is 4. The average Bonchev–Trinajstić information content (AvgIpc) is 3.60. The van der Waals surface area contributed by atoms with E-state index in [4.69, 9.17) is 52.1 Å². The van der Waals surface area contributed by atoms with Gasteiger partial charge in [0.1, 0.15) is 43.6 Å². The summed E-state index contributed by atoms with van der Waals surface area (Å²) in [6, 6.07) is -0.781. The van der Waals surface area contributed by atoms with Gasteiger partial charge in [-0.25, -0.2) is 9.59 Å². The Labute approximate surface area is 512 Å². The van der Waals surface area contributed by atoms with Crippen LogP contribution in [0.4, 0.5) is 9.59 Å². The molecular weight excluding hydrogens is 1070 g/mol. The van der Waals surface area contributed by atoms with E-state index in [1.54, 1.807) is 48.5 Å². The maximum Gasteiger partial charge on any atom is 0.411 e. The second-order valence-corrected chi connectivity index (χ2v) is 24.1. The van der Waals surface area contributed by atoms with Crippen LogP contribution in [0.5, 0.6) is 0 Å². The number of ether oxygens (including phenoxy) is 11. The minimum Gasteiger partial charge on any atom is -0.462 e. The predicted molar refractivity (Wildman–Crippen MR) is 337 cm³/mol. The molecule has 0 saturated carbocycles. The monoisotopic (exact) mass is 1200 g/mol. The summed E-state index contributed by atoms with van der Waals surface area (Å²) in [6.45, 7) is 20.3. The molecule has 17 nitrogen and oxygen atoms in total. The SMILES string of the molecule is CCCCCCCC/C=C\CCCCCCCCOCC(COCCOCCOCCOCCOC(=O)CN(C(=O)OC(C)(C)C)C(C)COC(=O)CN(CCOC)C(=O)OC(C)(C)C)OCCCCCCCC/C=C\CCCCCCCC. The van der Waals surface area contributed by atoms with E-state index < -0.39 is 54.5 Å². The van der Waals surface area contributed by atoms with E-state index in [9.17, 15) is 19.2 Å². The molecule has 0 aromatic rings. The third kappa shape index (κ3) is 56.5. The summed E-state index contributed by atoms with van der Waals surface area (Å²) in [5, 5.41) is 0. The lowest BCUT2D eigenvalue weighted by Gasteiger charge is -2.31. The summed E-state index contributed by atoms with van der Waals surface area (Å²) >= 11 is 0. The fraction of sp³-hybridized carbons (Fsp3) is 0.881. The predicted octanol–water partition coefficient (Wildman–Crippen LogP) is 15.1. The van der Waals surface area contributed by atoms with Gasteiger partial charge in [0.25, 0.3) is 0 Å². The van der Waals surface area contributed by atoms with Crippen LogP contribution in [-0.2, 0) is 61.7 Å². The molecule has 84 heavy (non-hydrogen) atoms. The van der Waals surface area contributed by atoms with E-state index in [2.05, 4.69) is 38.2 Å². The highest BCUT2D eigenvalue weighted by Gasteiger charge is 2.30.